The summed E-state index contributed by atoms with van der Waals surface area (Å²) in [5.74, 6) is 1.38. The van der Waals surface area contributed by atoms with Crippen molar-refractivity contribution in [2.75, 3.05) is 13.2 Å². The van der Waals surface area contributed by atoms with Gasteiger partial charge in [0, 0.05) is 23.4 Å². The van der Waals surface area contributed by atoms with Gasteiger partial charge in [-0.15, -0.1) is 11.3 Å². The zero-order valence-corrected chi connectivity index (χ0v) is 19.8. The van der Waals surface area contributed by atoms with E-state index in [0.717, 1.165) is 38.9 Å². The molecule has 0 amide bonds. The van der Waals surface area contributed by atoms with Crippen LogP contribution >= 0.6 is 11.3 Å². The highest BCUT2D eigenvalue weighted by Gasteiger charge is 2.30. The summed E-state index contributed by atoms with van der Waals surface area (Å²) in [6.45, 7) is 7.74. The Labute approximate surface area is 188 Å². The first-order chi connectivity index (χ1) is 14.9. The summed E-state index contributed by atoms with van der Waals surface area (Å²) in [6.07, 6.45) is 1.58. The summed E-state index contributed by atoms with van der Waals surface area (Å²) in [5, 5.41) is 0.922. The molecule has 5 nitrogen and oxygen atoms in total. The molecular formula is C24H28N2O3S2. The summed E-state index contributed by atoms with van der Waals surface area (Å²) in [6, 6.07) is 15.2. The first-order valence-corrected chi connectivity index (χ1v) is 12.9. The molecule has 7 heteroatoms. The molecule has 0 aliphatic carbocycles. The fourth-order valence-electron chi connectivity index (χ4n) is 3.78. The number of nitrogens with zero attached hydrogens (tertiary/aromatic N) is 2. The topological polar surface area (TPSA) is 59.5 Å². The zero-order valence-electron chi connectivity index (χ0n) is 18.2. The van der Waals surface area contributed by atoms with Gasteiger partial charge < -0.3 is 4.74 Å². The van der Waals surface area contributed by atoms with Crippen molar-refractivity contribution < 1.29 is 13.2 Å². The third-order valence-electron chi connectivity index (χ3n) is 5.31. The second-order valence-corrected chi connectivity index (χ2v) is 11.2. The van der Waals surface area contributed by atoms with E-state index in [1.165, 1.54) is 0 Å². The molecule has 0 saturated carbocycles. The second kappa shape index (κ2) is 9.10. The van der Waals surface area contributed by atoms with Crippen LogP contribution in [0.1, 0.15) is 36.9 Å². The lowest BCUT2D eigenvalue weighted by Gasteiger charge is -2.25. The molecule has 0 spiro atoms. The van der Waals surface area contributed by atoms with Crippen molar-refractivity contribution in [3.63, 3.8) is 0 Å². The molecule has 0 radical (unpaired) electrons. The number of sulfonamides is 1. The highest BCUT2D eigenvalue weighted by molar-refractivity contribution is 7.89. The number of benzene rings is 2. The predicted molar refractivity (Wildman–Crippen MR) is 125 cm³/mol. The summed E-state index contributed by atoms with van der Waals surface area (Å²) < 4.78 is 33.5. The van der Waals surface area contributed by atoms with E-state index in [4.69, 9.17) is 9.72 Å². The number of hydrogen-bond acceptors (Lipinski definition) is 5. The normalized spacial score (nSPS) is 14.6. The molecule has 0 bridgehead atoms. The van der Waals surface area contributed by atoms with Crippen LogP contribution in [0.5, 0.6) is 5.75 Å². The molecule has 2 heterocycles. The van der Waals surface area contributed by atoms with Crippen LogP contribution in [0.3, 0.4) is 0 Å². The predicted octanol–water partition coefficient (Wildman–Crippen LogP) is 5.15. The van der Waals surface area contributed by atoms with Crippen LogP contribution < -0.4 is 4.74 Å². The molecule has 164 valence electrons. The maximum atomic E-state index is 13.2. The van der Waals surface area contributed by atoms with E-state index >= 15 is 0 Å². The number of thiazole rings is 1. The van der Waals surface area contributed by atoms with Crippen LogP contribution in [0.4, 0.5) is 0 Å². The summed E-state index contributed by atoms with van der Waals surface area (Å²) >= 11 is 1.57. The van der Waals surface area contributed by atoms with Gasteiger partial charge in [-0.3, -0.25) is 0 Å². The summed E-state index contributed by atoms with van der Waals surface area (Å²) in [5.41, 5.74) is 3.20. The van der Waals surface area contributed by atoms with Gasteiger partial charge in [-0.25, -0.2) is 13.4 Å². The highest BCUT2D eigenvalue weighted by atomic mass is 32.2. The third-order valence-corrected chi connectivity index (χ3v) is 8.30. The molecule has 1 aliphatic heterocycles. The Kier molecular flexibility index (Phi) is 6.46. The van der Waals surface area contributed by atoms with Crippen molar-refractivity contribution in [3.8, 4) is 16.3 Å². The van der Waals surface area contributed by atoms with Gasteiger partial charge in [-0.05, 0) is 61.2 Å². The molecule has 1 aliphatic rings. The molecule has 31 heavy (non-hydrogen) atoms. The van der Waals surface area contributed by atoms with Gasteiger partial charge in [0.05, 0.1) is 23.7 Å². The lowest BCUT2D eigenvalue weighted by molar-refractivity contribution is 0.340. The van der Waals surface area contributed by atoms with Gasteiger partial charge in [-0.2, -0.15) is 4.31 Å². The Morgan fingerprint density at radius 3 is 2.45 bits per heavy atom. The van der Waals surface area contributed by atoms with Gasteiger partial charge in [0.15, 0.2) is 0 Å². The highest BCUT2D eigenvalue weighted by Crippen LogP contribution is 2.34. The van der Waals surface area contributed by atoms with E-state index in [-0.39, 0.29) is 0 Å². The number of hydrogen-bond donors (Lipinski definition) is 0. The van der Waals surface area contributed by atoms with E-state index in [0.29, 0.717) is 36.9 Å². The largest absolute Gasteiger partial charge is 0.494 e. The van der Waals surface area contributed by atoms with Crippen LogP contribution in [0, 0.1) is 5.92 Å². The molecule has 0 N–H and O–H groups in total. The van der Waals surface area contributed by atoms with E-state index in [1.807, 2.05) is 43.3 Å². The fourth-order valence-corrected chi connectivity index (χ4v) is 6.40. The average Bonchev–Trinajstić information content (AvgIpc) is 3.18. The average molecular weight is 457 g/mol. The minimum Gasteiger partial charge on any atom is -0.494 e. The number of rotatable bonds is 7. The molecule has 3 aromatic rings. The number of fused-ring (bicyclic) bond motifs is 1. The van der Waals surface area contributed by atoms with E-state index in [1.54, 1.807) is 27.8 Å². The first kappa shape index (κ1) is 22.0. The van der Waals surface area contributed by atoms with Crippen LogP contribution in [-0.4, -0.2) is 30.9 Å². The molecule has 0 unspecified atom stereocenters. The van der Waals surface area contributed by atoms with Crippen molar-refractivity contribution in [1.82, 2.24) is 9.29 Å². The lowest BCUT2D eigenvalue weighted by atomic mass is 10.0. The Balaban J connectivity index is 1.52. The van der Waals surface area contributed by atoms with Crippen molar-refractivity contribution in [3.05, 3.63) is 64.7 Å². The SMILES string of the molecule is CCOc1ccc(-c2nc3c(s2)CN(S(=O)(=O)c2ccc(CC(C)C)cc2)CC3)cc1. The molecule has 0 atom stereocenters. The third kappa shape index (κ3) is 4.84. The minimum atomic E-state index is -3.52. The van der Waals surface area contributed by atoms with Crippen LogP contribution in [0.2, 0.25) is 0 Å². The zero-order chi connectivity index (χ0) is 22.0. The van der Waals surface area contributed by atoms with E-state index in [9.17, 15) is 8.42 Å². The molecular weight excluding hydrogens is 428 g/mol. The summed E-state index contributed by atoms with van der Waals surface area (Å²) in [7, 11) is -3.52. The van der Waals surface area contributed by atoms with E-state index in [2.05, 4.69) is 13.8 Å². The van der Waals surface area contributed by atoms with E-state index < -0.39 is 10.0 Å². The van der Waals surface area contributed by atoms with Crippen molar-refractivity contribution >= 4 is 21.4 Å². The molecule has 4 rings (SSSR count). The van der Waals surface area contributed by atoms with Crippen LogP contribution in [0.15, 0.2) is 53.4 Å². The van der Waals surface area contributed by atoms with Crippen molar-refractivity contribution in [2.24, 2.45) is 5.92 Å². The van der Waals surface area contributed by atoms with Crippen LogP contribution in [-0.2, 0) is 29.4 Å². The summed E-state index contributed by atoms with van der Waals surface area (Å²) in [4.78, 5) is 6.17. The van der Waals surface area contributed by atoms with Crippen LogP contribution in [0.25, 0.3) is 10.6 Å². The molecule has 0 saturated heterocycles. The van der Waals surface area contributed by atoms with Gasteiger partial charge in [-0.1, -0.05) is 26.0 Å². The fraction of sp³-hybridized carbons (Fsp3) is 0.375. The Hall–Kier alpha value is -2.22. The first-order valence-electron chi connectivity index (χ1n) is 10.7. The smallest absolute Gasteiger partial charge is 0.243 e. The maximum Gasteiger partial charge on any atom is 0.243 e. The monoisotopic (exact) mass is 456 g/mol. The van der Waals surface area contributed by atoms with Gasteiger partial charge in [0.1, 0.15) is 10.8 Å². The van der Waals surface area contributed by atoms with Crippen molar-refractivity contribution in [2.45, 2.75) is 45.1 Å². The minimum absolute atomic E-state index is 0.361. The van der Waals surface area contributed by atoms with Gasteiger partial charge in [0.25, 0.3) is 0 Å². The van der Waals surface area contributed by atoms with Gasteiger partial charge in [0.2, 0.25) is 10.0 Å². The molecule has 1 aromatic heterocycles. The van der Waals surface area contributed by atoms with Gasteiger partial charge >= 0.3 is 0 Å². The number of ether oxygens (including phenoxy) is 1. The Bertz CT molecular complexity index is 1130. The molecule has 2 aromatic carbocycles. The maximum absolute atomic E-state index is 13.2. The second-order valence-electron chi connectivity index (χ2n) is 8.18. The van der Waals surface area contributed by atoms with Crippen molar-refractivity contribution in [1.29, 1.82) is 0 Å². The Morgan fingerprint density at radius 1 is 1.10 bits per heavy atom. The standard InChI is InChI=1S/C24H28N2O3S2/c1-4-29-20-9-7-19(8-10-20)24-25-22-13-14-26(16-23(22)30-24)31(27,28)21-11-5-18(6-12-21)15-17(2)3/h5-12,17H,4,13-16H2,1-3H3. The number of aromatic nitrogens is 1. The molecule has 0 fully saturated rings. The quantitative estimate of drug-likeness (QED) is 0.493. The Morgan fingerprint density at radius 2 is 1.81 bits per heavy atom. The lowest BCUT2D eigenvalue weighted by Crippen LogP contribution is -2.35.